The van der Waals surface area contributed by atoms with Crippen LogP contribution in [0.25, 0.3) is 0 Å². The van der Waals surface area contributed by atoms with E-state index in [1.807, 2.05) is 0 Å². The number of hydrogen-bond donors (Lipinski definition) is 2. The van der Waals surface area contributed by atoms with Crippen molar-refractivity contribution in [1.29, 1.82) is 0 Å². The molecule has 0 aromatic heterocycles. The predicted molar refractivity (Wildman–Crippen MR) is 252 cm³/mol. The first kappa shape index (κ1) is 55.6. The van der Waals surface area contributed by atoms with Gasteiger partial charge < -0.3 is 10.4 Å². The monoisotopic (exact) mass is 800 g/mol. The molecule has 2 N–H and O–H groups in total. The highest BCUT2D eigenvalue weighted by molar-refractivity contribution is 5.78. The number of unbranched alkanes of at least 4 members (excludes halogenated alkanes) is 34. The molecule has 0 spiro atoms. The van der Waals surface area contributed by atoms with Gasteiger partial charge in [-0.2, -0.15) is 0 Å². The summed E-state index contributed by atoms with van der Waals surface area (Å²) in [6.45, 7) is 4.60. The first-order valence-corrected chi connectivity index (χ1v) is 25.9. The molecule has 0 aliphatic heterocycles. The number of hydrogen-bond acceptors (Lipinski definition) is 3. The zero-order valence-corrected chi connectivity index (χ0v) is 38.8. The maximum atomic E-state index is 12.4. The first-order valence-electron chi connectivity index (χ1n) is 25.9. The van der Waals surface area contributed by atoms with Gasteiger partial charge in [0.1, 0.15) is 5.78 Å². The van der Waals surface area contributed by atoms with E-state index in [0.717, 1.165) is 57.8 Å². The number of allylic oxidation sites excluding steroid dienone is 4. The van der Waals surface area contributed by atoms with E-state index in [9.17, 15) is 14.7 Å². The summed E-state index contributed by atoms with van der Waals surface area (Å²) in [6, 6.07) is -0.0719. The zero-order chi connectivity index (χ0) is 41.4. The van der Waals surface area contributed by atoms with Crippen molar-refractivity contribution < 1.29 is 14.7 Å². The second kappa shape index (κ2) is 48.9. The summed E-state index contributed by atoms with van der Waals surface area (Å²) >= 11 is 0. The zero-order valence-electron chi connectivity index (χ0n) is 38.8. The minimum Gasteiger partial charge on any atom is -0.394 e. The smallest absolute Gasteiger partial charge is 0.220 e. The topological polar surface area (TPSA) is 66.4 Å². The second-order valence-electron chi connectivity index (χ2n) is 17.8. The van der Waals surface area contributed by atoms with Crippen molar-refractivity contribution in [3.63, 3.8) is 0 Å². The Kier molecular flexibility index (Phi) is 47.7. The van der Waals surface area contributed by atoms with E-state index in [-0.39, 0.29) is 18.6 Å². The van der Waals surface area contributed by atoms with E-state index >= 15 is 0 Å². The molecule has 4 nitrogen and oxygen atoms in total. The van der Waals surface area contributed by atoms with Crippen molar-refractivity contribution in [3.8, 4) is 0 Å². The van der Waals surface area contributed by atoms with Crippen molar-refractivity contribution in [3.05, 3.63) is 24.3 Å². The largest absolute Gasteiger partial charge is 0.394 e. The van der Waals surface area contributed by atoms with E-state index in [0.29, 0.717) is 12.2 Å². The van der Waals surface area contributed by atoms with Crippen LogP contribution in [0.4, 0.5) is 0 Å². The summed E-state index contributed by atoms with van der Waals surface area (Å²) < 4.78 is 0. The second-order valence-corrected chi connectivity index (χ2v) is 17.8. The minimum atomic E-state index is -0.0719. The Balaban J connectivity index is 3.40. The molecular formula is C53H101NO3. The highest BCUT2D eigenvalue weighted by atomic mass is 16.3. The summed E-state index contributed by atoms with van der Waals surface area (Å²) in [6.07, 6.45) is 62.5. The fourth-order valence-corrected chi connectivity index (χ4v) is 8.08. The van der Waals surface area contributed by atoms with Crippen LogP contribution in [0, 0.1) is 0 Å². The summed E-state index contributed by atoms with van der Waals surface area (Å²) in [5.41, 5.74) is 0. The van der Waals surface area contributed by atoms with Gasteiger partial charge in [-0.1, -0.05) is 237 Å². The summed E-state index contributed by atoms with van der Waals surface area (Å²) in [5.74, 6) is 0.600. The summed E-state index contributed by atoms with van der Waals surface area (Å²) in [4.78, 5) is 24.7. The number of aliphatic hydroxyl groups excluding tert-OH is 1. The van der Waals surface area contributed by atoms with Crippen LogP contribution in [0.5, 0.6) is 0 Å². The predicted octanol–water partition coefficient (Wildman–Crippen LogP) is 17.0. The molecule has 1 amide bonds. The number of Topliss-reactive ketones (excluding diaryl/α,β-unsaturated/α-hetero) is 1. The van der Waals surface area contributed by atoms with E-state index in [2.05, 4.69) is 43.5 Å². The summed E-state index contributed by atoms with van der Waals surface area (Å²) in [7, 11) is 0. The number of aliphatic hydroxyl groups is 1. The maximum Gasteiger partial charge on any atom is 0.220 e. The molecule has 0 aromatic rings. The molecule has 0 saturated carbocycles. The van der Waals surface area contributed by atoms with Gasteiger partial charge in [-0.15, -0.1) is 0 Å². The van der Waals surface area contributed by atoms with Crippen molar-refractivity contribution in [2.24, 2.45) is 0 Å². The van der Waals surface area contributed by atoms with Crippen LogP contribution in [0.2, 0.25) is 0 Å². The van der Waals surface area contributed by atoms with Crippen molar-refractivity contribution in [1.82, 2.24) is 5.32 Å². The van der Waals surface area contributed by atoms with E-state index < -0.39 is 0 Å². The molecule has 336 valence electrons. The Bertz CT molecular complexity index is 866. The van der Waals surface area contributed by atoms with Crippen molar-refractivity contribution in [2.75, 3.05) is 6.61 Å². The molecule has 0 radical (unpaired) electrons. The van der Waals surface area contributed by atoms with Crippen LogP contribution in [0.3, 0.4) is 0 Å². The third kappa shape index (κ3) is 47.1. The number of ketones is 1. The van der Waals surface area contributed by atoms with Gasteiger partial charge in [0.05, 0.1) is 12.6 Å². The lowest BCUT2D eigenvalue weighted by atomic mass is 10.0. The Morgan fingerprint density at radius 1 is 0.404 bits per heavy atom. The third-order valence-electron chi connectivity index (χ3n) is 12.0. The standard InChI is InChI=1S/C53H101NO3/c1-3-5-7-9-11-13-15-17-19-21-22-26-30-34-38-42-46-51(50-55)54-53(57)49-45-41-37-33-29-25-24-28-32-36-40-44-48-52(56)47-43-39-35-31-27-23-20-18-16-14-12-10-8-6-4-2/h12,14,18,20,51,55H,3-11,13,15-17,19,21-50H2,1-2H3,(H,54,57). The average Bonchev–Trinajstić information content (AvgIpc) is 3.21. The molecule has 0 rings (SSSR count). The van der Waals surface area contributed by atoms with Gasteiger partial charge in [-0.25, -0.2) is 0 Å². The Morgan fingerprint density at radius 2 is 0.719 bits per heavy atom. The number of carbonyl (C=O) groups is 2. The van der Waals surface area contributed by atoms with Gasteiger partial charge in [0.25, 0.3) is 0 Å². The Morgan fingerprint density at radius 3 is 1.12 bits per heavy atom. The van der Waals surface area contributed by atoms with E-state index in [4.69, 9.17) is 0 Å². The molecule has 0 aromatic carbocycles. The maximum absolute atomic E-state index is 12.4. The van der Waals surface area contributed by atoms with Crippen LogP contribution < -0.4 is 5.32 Å². The number of nitrogens with one attached hydrogen (secondary N) is 1. The average molecular weight is 800 g/mol. The molecule has 0 aliphatic rings. The molecule has 0 heterocycles. The Labute approximate surface area is 357 Å². The van der Waals surface area contributed by atoms with Crippen LogP contribution in [-0.2, 0) is 9.59 Å². The van der Waals surface area contributed by atoms with Crippen LogP contribution in [0.1, 0.15) is 290 Å². The fraction of sp³-hybridized carbons (Fsp3) is 0.887. The van der Waals surface area contributed by atoms with Gasteiger partial charge in [0.2, 0.25) is 5.91 Å². The molecule has 0 fully saturated rings. The molecule has 1 unspecified atom stereocenters. The molecule has 0 saturated heterocycles. The van der Waals surface area contributed by atoms with Crippen LogP contribution in [-0.4, -0.2) is 29.4 Å². The number of amides is 1. The van der Waals surface area contributed by atoms with Crippen LogP contribution >= 0.6 is 0 Å². The van der Waals surface area contributed by atoms with Gasteiger partial charge in [-0.3, -0.25) is 9.59 Å². The van der Waals surface area contributed by atoms with Gasteiger partial charge >= 0.3 is 0 Å². The molecule has 0 bridgehead atoms. The normalized spacial score (nSPS) is 12.3. The lowest BCUT2D eigenvalue weighted by molar-refractivity contribution is -0.122. The van der Waals surface area contributed by atoms with E-state index in [1.165, 1.54) is 212 Å². The highest BCUT2D eigenvalue weighted by Crippen LogP contribution is 2.17. The SMILES string of the molecule is CCCCCC=CCC=CCCCCCCCC(=O)CCCCCCCCCCCCCCC(=O)NC(CO)CCCCCCCCCCCCCCCCCC. The minimum absolute atomic E-state index is 0.0569. The van der Waals surface area contributed by atoms with Crippen molar-refractivity contribution >= 4 is 11.7 Å². The van der Waals surface area contributed by atoms with Gasteiger partial charge in [0.15, 0.2) is 0 Å². The molecule has 4 heteroatoms. The summed E-state index contributed by atoms with van der Waals surface area (Å²) in [5, 5.41) is 12.9. The van der Waals surface area contributed by atoms with Gasteiger partial charge in [0, 0.05) is 19.3 Å². The lowest BCUT2D eigenvalue weighted by Crippen LogP contribution is -2.37. The molecule has 57 heavy (non-hydrogen) atoms. The highest BCUT2D eigenvalue weighted by Gasteiger charge is 2.11. The van der Waals surface area contributed by atoms with Gasteiger partial charge in [-0.05, 0) is 57.8 Å². The molecule has 1 atom stereocenters. The Hall–Kier alpha value is -1.42. The fourth-order valence-electron chi connectivity index (χ4n) is 8.08. The van der Waals surface area contributed by atoms with E-state index in [1.54, 1.807) is 0 Å². The quantitative estimate of drug-likeness (QED) is 0.0476. The number of rotatable bonds is 48. The lowest BCUT2D eigenvalue weighted by Gasteiger charge is -2.16. The van der Waals surface area contributed by atoms with Crippen LogP contribution in [0.15, 0.2) is 24.3 Å². The molecule has 0 aliphatic carbocycles. The van der Waals surface area contributed by atoms with Crippen molar-refractivity contribution in [2.45, 2.75) is 296 Å². The molecular weight excluding hydrogens is 699 g/mol. The first-order chi connectivity index (χ1) is 28.1. The number of carbonyl (C=O) groups excluding carboxylic acids is 2. The third-order valence-corrected chi connectivity index (χ3v) is 12.0.